The molecule has 2 aliphatic heterocycles. The summed E-state index contributed by atoms with van der Waals surface area (Å²) in [4.78, 5) is 30.7. The SMILES string of the molecule is C=CC(C)(C)Cc1[nH]c2ccccc2c1C[C@@H]1NC(=O)[C@@H]2CCCN2C1=O. The first-order valence-corrected chi connectivity index (χ1v) is 9.72. The molecule has 142 valence electrons. The zero-order valence-electron chi connectivity index (χ0n) is 16.0. The van der Waals surface area contributed by atoms with Gasteiger partial charge in [0.2, 0.25) is 11.8 Å². The first kappa shape index (κ1) is 17.8. The molecule has 0 bridgehead atoms. The van der Waals surface area contributed by atoms with E-state index in [0.717, 1.165) is 41.4 Å². The number of amides is 2. The van der Waals surface area contributed by atoms with E-state index in [9.17, 15) is 9.59 Å². The number of carbonyl (C=O) groups excluding carboxylic acids is 2. The fourth-order valence-corrected chi connectivity index (χ4v) is 4.34. The van der Waals surface area contributed by atoms with Crippen LogP contribution in [0.15, 0.2) is 36.9 Å². The van der Waals surface area contributed by atoms with Crippen LogP contribution in [0, 0.1) is 5.41 Å². The second-order valence-corrected chi connectivity index (χ2v) is 8.45. The summed E-state index contributed by atoms with van der Waals surface area (Å²) in [5.74, 6) is 0.0428. The summed E-state index contributed by atoms with van der Waals surface area (Å²) in [7, 11) is 0. The van der Waals surface area contributed by atoms with Crippen LogP contribution in [-0.2, 0) is 22.4 Å². The van der Waals surface area contributed by atoms with Gasteiger partial charge in [-0.15, -0.1) is 6.58 Å². The number of nitrogens with zero attached hydrogens (tertiary/aromatic N) is 1. The number of nitrogens with one attached hydrogen (secondary N) is 2. The highest BCUT2D eigenvalue weighted by Crippen LogP contribution is 2.31. The quantitative estimate of drug-likeness (QED) is 0.800. The first-order valence-electron chi connectivity index (χ1n) is 9.72. The summed E-state index contributed by atoms with van der Waals surface area (Å²) in [6, 6.07) is 7.40. The standard InChI is InChI=1S/C22H27N3O2/c1-4-22(2,3)13-18-15(14-8-5-6-9-16(14)23-18)12-17-21(27)25-11-7-10-19(25)20(26)24-17/h4-6,8-9,17,19,23H,1,7,10-13H2,2-3H3,(H,24,26)/t17-,19-/m0/s1. The molecule has 0 saturated carbocycles. The van der Waals surface area contributed by atoms with Gasteiger partial charge in [0.1, 0.15) is 12.1 Å². The number of aromatic nitrogens is 1. The van der Waals surface area contributed by atoms with Crippen LogP contribution in [0.4, 0.5) is 0 Å². The van der Waals surface area contributed by atoms with Gasteiger partial charge in [-0.25, -0.2) is 0 Å². The van der Waals surface area contributed by atoms with Crippen LogP contribution >= 0.6 is 0 Å². The highest BCUT2D eigenvalue weighted by Gasteiger charge is 2.43. The molecule has 0 aliphatic carbocycles. The minimum absolute atomic E-state index is 0.00934. The third-order valence-corrected chi connectivity index (χ3v) is 5.95. The fourth-order valence-electron chi connectivity index (χ4n) is 4.34. The number of allylic oxidation sites excluding steroid dienone is 1. The number of carbonyl (C=O) groups is 2. The minimum atomic E-state index is -0.489. The molecule has 0 unspecified atom stereocenters. The topological polar surface area (TPSA) is 65.2 Å². The van der Waals surface area contributed by atoms with Crippen molar-refractivity contribution < 1.29 is 9.59 Å². The molecular weight excluding hydrogens is 338 g/mol. The number of fused-ring (bicyclic) bond motifs is 2. The third-order valence-electron chi connectivity index (χ3n) is 5.95. The molecule has 2 saturated heterocycles. The van der Waals surface area contributed by atoms with Crippen molar-refractivity contribution in [2.45, 2.75) is 51.6 Å². The van der Waals surface area contributed by atoms with Crippen LogP contribution in [0.1, 0.15) is 37.9 Å². The molecule has 2 fully saturated rings. The molecule has 2 aromatic rings. The van der Waals surface area contributed by atoms with Gasteiger partial charge in [0.25, 0.3) is 0 Å². The van der Waals surface area contributed by atoms with E-state index in [1.807, 2.05) is 18.2 Å². The Morgan fingerprint density at radius 2 is 2.07 bits per heavy atom. The van der Waals surface area contributed by atoms with Crippen LogP contribution in [-0.4, -0.2) is 40.3 Å². The Balaban J connectivity index is 1.69. The van der Waals surface area contributed by atoms with E-state index >= 15 is 0 Å². The maximum atomic E-state index is 13.0. The molecule has 3 heterocycles. The minimum Gasteiger partial charge on any atom is -0.358 e. The van der Waals surface area contributed by atoms with Gasteiger partial charge in [0.05, 0.1) is 0 Å². The summed E-state index contributed by atoms with van der Waals surface area (Å²) in [5, 5.41) is 4.10. The molecule has 2 amide bonds. The summed E-state index contributed by atoms with van der Waals surface area (Å²) in [5.41, 5.74) is 3.25. The Morgan fingerprint density at radius 3 is 2.85 bits per heavy atom. The zero-order chi connectivity index (χ0) is 19.2. The zero-order valence-corrected chi connectivity index (χ0v) is 16.0. The van der Waals surface area contributed by atoms with Crippen LogP contribution in [0.25, 0.3) is 10.9 Å². The predicted molar refractivity (Wildman–Crippen MR) is 106 cm³/mol. The Bertz CT molecular complexity index is 911. The van der Waals surface area contributed by atoms with Crippen LogP contribution in [0.2, 0.25) is 0 Å². The van der Waals surface area contributed by atoms with E-state index in [-0.39, 0.29) is 23.3 Å². The van der Waals surface area contributed by atoms with Crippen molar-refractivity contribution >= 4 is 22.7 Å². The highest BCUT2D eigenvalue weighted by molar-refractivity contribution is 5.98. The van der Waals surface area contributed by atoms with E-state index in [2.05, 4.69) is 42.9 Å². The molecule has 0 spiro atoms. The average molecular weight is 365 g/mol. The number of hydrogen-bond donors (Lipinski definition) is 2. The van der Waals surface area contributed by atoms with Crippen molar-refractivity contribution in [1.29, 1.82) is 0 Å². The molecule has 27 heavy (non-hydrogen) atoms. The number of piperazine rings is 1. The monoisotopic (exact) mass is 365 g/mol. The number of aromatic amines is 1. The van der Waals surface area contributed by atoms with Crippen molar-refractivity contribution in [1.82, 2.24) is 15.2 Å². The van der Waals surface area contributed by atoms with Gasteiger partial charge in [0.15, 0.2) is 0 Å². The molecule has 1 aromatic heterocycles. The van der Waals surface area contributed by atoms with Gasteiger partial charge in [0, 0.05) is 29.6 Å². The van der Waals surface area contributed by atoms with Crippen molar-refractivity contribution in [2.24, 2.45) is 5.41 Å². The predicted octanol–water partition coefficient (Wildman–Crippen LogP) is 2.95. The number of para-hydroxylation sites is 1. The van der Waals surface area contributed by atoms with Gasteiger partial charge in [-0.05, 0) is 36.3 Å². The average Bonchev–Trinajstić information content (AvgIpc) is 3.25. The molecular formula is C22H27N3O2. The lowest BCUT2D eigenvalue weighted by Gasteiger charge is -2.34. The Kier molecular flexibility index (Phi) is 4.33. The number of rotatable bonds is 5. The van der Waals surface area contributed by atoms with Gasteiger partial charge in [-0.3, -0.25) is 9.59 Å². The van der Waals surface area contributed by atoms with E-state index in [1.165, 1.54) is 0 Å². The maximum absolute atomic E-state index is 13.0. The third kappa shape index (κ3) is 3.15. The summed E-state index contributed by atoms with van der Waals surface area (Å²) in [6.07, 6.45) is 4.96. The van der Waals surface area contributed by atoms with E-state index < -0.39 is 6.04 Å². The first-order chi connectivity index (χ1) is 12.9. The van der Waals surface area contributed by atoms with E-state index in [1.54, 1.807) is 4.90 Å². The molecule has 2 atom stereocenters. The van der Waals surface area contributed by atoms with Crippen LogP contribution < -0.4 is 5.32 Å². The second-order valence-electron chi connectivity index (χ2n) is 8.45. The molecule has 2 N–H and O–H groups in total. The van der Waals surface area contributed by atoms with Gasteiger partial charge in [-0.1, -0.05) is 38.1 Å². The Labute approximate surface area is 159 Å². The number of hydrogen-bond acceptors (Lipinski definition) is 2. The lowest BCUT2D eigenvalue weighted by molar-refractivity contribution is -0.146. The Hall–Kier alpha value is -2.56. The Morgan fingerprint density at radius 1 is 1.30 bits per heavy atom. The highest BCUT2D eigenvalue weighted by atomic mass is 16.2. The lowest BCUT2D eigenvalue weighted by atomic mass is 9.86. The molecule has 5 nitrogen and oxygen atoms in total. The van der Waals surface area contributed by atoms with Crippen molar-refractivity contribution in [3.05, 3.63) is 48.2 Å². The summed E-state index contributed by atoms with van der Waals surface area (Å²) < 4.78 is 0. The summed E-state index contributed by atoms with van der Waals surface area (Å²) >= 11 is 0. The van der Waals surface area contributed by atoms with Gasteiger partial charge in [-0.2, -0.15) is 0 Å². The molecule has 2 aliphatic rings. The smallest absolute Gasteiger partial charge is 0.246 e. The van der Waals surface area contributed by atoms with Gasteiger partial charge < -0.3 is 15.2 Å². The molecule has 5 heteroatoms. The van der Waals surface area contributed by atoms with Crippen molar-refractivity contribution in [2.75, 3.05) is 6.54 Å². The largest absolute Gasteiger partial charge is 0.358 e. The number of H-pyrrole nitrogens is 1. The molecule has 0 radical (unpaired) electrons. The van der Waals surface area contributed by atoms with E-state index in [4.69, 9.17) is 0 Å². The summed E-state index contributed by atoms with van der Waals surface area (Å²) in [6.45, 7) is 8.95. The van der Waals surface area contributed by atoms with Gasteiger partial charge >= 0.3 is 0 Å². The molecule has 1 aromatic carbocycles. The van der Waals surface area contributed by atoms with Crippen molar-refractivity contribution in [3.63, 3.8) is 0 Å². The maximum Gasteiger partial charge on any atom is 0.246 e. The normalized spacial score (nSPS) is 22.8. The number of benzene rings is 1. The van der Waals surface area contributed by atoms with Crippen molar-refractivity contribution in [3.8, 4) is 0 Å². The molecule has 4 rings (SSSR count). The van der Waals surface area contributed by atoms with E-state index in [0.29, 0.717) is 13.0 Å². The fraction of sp³-hybridized carbons (Fsp3) is 0.455. The van der Waals surface area contributed by atoms with Crippen LogP contribution in [0.3, 0.4) is 0 Å². The second kappa shape index (κ2) is 6.55. The lowest BCUT2D eigenvalue weighted by Crippen LogP contribution is -2.61. The van der Waals surface area contributed by atoms with Crippen LogP contribution in [0.5, 0.6) is 0 Å².